The van der Waals surface area contributed by atoms with Gasteiger partial charge in [0.1, 0.15) is 11.5 Å². The second-order valence-electron chi connectivity index (χ2n) is 4.94. The molecule has 1 saturated carbocycles. The van der Waals surface area contributed by atoms with Crippen LogP contribution in [0.3, 0.4) is 0 Å². The van der Waals surface area contributed by atoms with Crippen molar-refractivity contribution in [1.29, 1.82) is 0 Å². The Morgan fingerprint density at radius 1 is 1.25 bits per heavy atom. The van der Waals surface area contributed by atoms with E-state index in [4.69, 9.17) is 9.15 Å². The van der Waals surface area contributed by atoms with E-state index in [0.29, 0.717) is 11.7 Å². The van der Waals surface area contributed by atoms with Crippen molar-refractivity contribution in [3.63, 3.8) is 0 Å². The summed E-state index contributed by atoms with van der Waals surface area (Å²) in [6.07, 6.45) is 5.16. The fraction of sp³-hybridized carbons (Fsp3) is 0.615. The maximum Gasteiger partial charge on any atom is 0.132 e. The quantitative estimate of drug-likeness (QED) is 0.767. The average molecular weight is 220 g/mol. The molecule has 16 heavy (non-hydrogen) atoms. The molecule has 0 bridgehead atoms. The second-order valence-corrected chi connectivity index (χ2v) is 4.94. The van der Waals surface area contributed by atoms with E-state index < -0.39 is 0 Å². The van der Waals surface area contributed by atoms with Crippen LogP contribution in [0.5, 0.6) is 0 Å². The van der Waals surface area contributed by atoms with Gasteiger partial charge < -0.3 is 9.15 Å². The Hall–Kier alpha value is -1.09. The lowest BCUT2D eigenvalue weighted by molar-refractivity contribution is -0.129. The molecular formula is C13H16O3. The molecule has 1 aliphatic heterocycles. The summed E-state index contributed by atoms with van der Waals surface area (Å²) < 4.78 is 11.0. The molecular weight excluding hydrogens is 204 g/mol. The van der Waals surface area contributed by atoms with Gasteiger partial charge in [0.05, 0.1) is 24.9 Å². The molecule has 3 heteroatoms. The number of carbonyl (C=O) groups excluding carboxylic acids is 1. The molecule has 2 aliphatic rings. The van der Waals surface area contributed by atoms with Crippen LogP contribution in [0.25, 0.3) is 0 Å². The highest BCUT2D eigenvalue weighted by Gasteiger charge is 2.49. The first-order valence-corrected chi connectivity index (χ1v) is 5.95. The molecule has 0 unspecified atom stereocenters. The third kappa shape index (κ3) is 1.42. The van der Waals surface area contributed by atoms with Gasteiger partial charge in [-0.3, -0.25) is 4.79 Å². The van der Waals surface area contributed by atoms with Crippen LogP contribution in [-0.4, -0.2) is 19.0 Å². The Labute approximate surface area is 94.8 Å². The van der Waals surface area contributed by atoms with E-state index in [9.17, 15) is 4.79 Å². The summed E-state index contributed by atoms with van der Waals surface area (Å²) in [7, 11) is 0. The van der Waals surface area contributed by atoms with Gasteiger partial charge in [0.25, 0.3) is 0 Å². The Morgan fingerprint density at radius 3 is 2.50 bits per heavy atom. The van der Waals surface area contributed by atoms with E-state index >= 15 is 0 Å². The maximum absolute atomic E-state index is 11.3. The van der Waals surface area contributed by atoms with Crippen molar-refractivity contribution in [3.05, 3.63) is 24.2 Å². The van der Waals surface area contributed by atoms with E-state index in [1.54, 1.807) is 6.26 Å². The molecule has 3 rings (SSSR count). The van der Waals surface area contributed by atoms with E-state index in [0.717, 1.165) is 44.7 Å². The molecule has 0 N–H and O–H groups in total. The number of ketones is 1. The van der Waals surface area contributed by atoms with Crippen molar-refractivity contribution in [2.75, 3.05) is 13.2 Å². The molecule has 3 nitrogen and oxygen atoms in total. The Kier molecular flexibility index (Phi) is 2.36. The fourth-order valence-corrected chi connectivity index (χ4v) is 2.96. The lowest BCUT2D eigenvalue weighted by Crippen LogP contribution is -2.53. The molecule has 0 spiro atoms. The predicted molar refractivity (Wildman–Crippen MR) is 58.2 cm³/mol. The highest BCUT2D eigenvalue weighted by atomic mass is 16.5. The summed E-state index contributed by atoms with van der Waals surface area (Å²) in [5.74, 6) is 1.99. The molecule has 0 radical (unpaired) electrons. The topological polar surface area (TPSA) is 39.4 Å². The molecule has 1 aliphatic carbocycles. The average Bonchev–Trinajstić information content (AvgIpc) is 2.73. The molecule has 0 atom stereocenters. The Morgan fingerprint density at radius 2 is 2.00 bits per heavy atom. The van der Waals surface area contributed by atoms with Gasteiger partial charge in [-0.1, -0.05) is 0 Å². The molecule has 86 valence electrons. The molecule has 0 amide bonds. The van der Waals surface area contributed by atoms with E-state index in [2.05, 4.69) is 0 Å². The van der Waals surface area contributed by atoms with Gasteiger partial charge in [0.2, 0.25) is 0 Å². The normalized spacial score (nSPS) is 25.4. The summed E-state index contributed by atoms with van der Waals surface area (Å²) in [4.78, 5) is 11.3. The number of hydrogen-bond donors (Lipinski definition) is 0. The molecule has 0 aromatic carbocycles. The zero-order chi connectivity index (χ0) is 11.0. The first kappa shape index (κ1) is 10.1. The number of furan rings is 1. The number of Topliss-reactive ketones (excluding diaryl/α,β-unsaturated/α-hetero) is 1. The predicted octanol–water partition coefficient (Wildman–Crippen LogP) is 2.31. The van der Waals surface area contributed by atoms with Crippen LogP contribution in [-0.2, 0) is 14.9 Å². The molecule has 1 aromatic rings. The first-order valence-electron chi connectivity index (χ1n) is 5.95. The van der Waals surface area contributed by atoms with Crippen molar-refractivity contribution in [2.24, 2.45) is 5.92 Å². The van der Waals surface area contributed by atoms with Crippen LogP contribution >= 0.6 is 0 Å². The Bertz CT molecular complexity index is 366. The minimum atomic E-state index is 0.0597. The van der Waals surface area contributed by atoms with Crippen molar-refractivity contribution in [1.82, 2.24) is 0 Å². The SMILES string of the molecule is O=C1CCC(C2(c3ccco3)COC2)CC1. The van der Waals surface area contributed by atoms with E-state index in [1.165, 1.54) is 0 Å². The fourth-order valence-electron chi connectivity index (χ4n) is 2.96. The number of carbonyl (C=O) groups is 1. The summed E-state index contributed by atoms with van der Waals surface area (Å²) in [5.41, 5.74) is 0.0597. The lowest BCUT2D eigenvalue weighted by Gasteiger charge is -2.46. The monoisotopic (exact) mass is 220 g/mol. The minimum absolute atomic E-state index is 0.0597. The summed E-state index contributed by atoms with van der Waals surface area (Å²) in [6.45, 7) is 1.50. The van der Waals surface area contributed by atoms with E-state index in [-0.39, 0.29) is 5.41 Å². The van der Waals surface area contributed by atoms with Crippen LogP contribution in [0, 0.1) is 5.92 Å². The zero-order valence-electron chi connectivity index (χ0n) is 9.28. The third-order valence-electron chi connectivity index (χ3n) is 4.06. The van der Waals surface area contributed by atoms with Crippen LogP contribution in [0.15, 0.2) is 22.8 Å². The largest absolute Gasteiger partial charge is 0.469 e. The van der Waals surface area contributed by atoms with Crippen LogP contribution in [0.2, 0.25) is 0 Å². The highest BCUT2D eigenvalue weighted by Crippen LogP contribution is 2.45. The van der Waals surface area contributed by atoms with Crippen LogP contribution < -0.4 is 0 Å². The van der Waals surface area contributed by atoms with Gasteiger partial charge in [-0.25, -0.2) is 0 Å². The maximum atomic E-state index is 11.3. The van der Waals surface area contributed by atoms with Crippen molar-refractivity contribution in [3.8, 4) is 0 Å². The van der Waals surface area contributed by atoms with Crippen molar-refractivity contribution >= 4 is 5.78 Å². The van der Waals surface area contributed by atoms with E-state index in [1.807, 2.05) is 12.1 Å². The van der Waals surface area contributed by atoms with Crippen LogP contribution in [0.1, 0.15) is 31.4 Å². The summed E-state index contributed by atoms with van der Waals surface area (Å²) in [5, 5.41) is 0. The second kappa shape index (κ2) is 3.74. The van der Waals surface area contributed by atoms with Crippen molar-refractivity contribution in [2.45, 2.75) is 31.1 Å². The standard InChI is InChI=1S/C13H16O3/c14-11-5-3-10(4-6-11)13(8-15-9-13)12-2-1-7-16-12/h1-2,7,10H,3-6,8-9H2. The lowest BCUT2D eigenvalue weighted by atomic mass is 9.66. The smallest absolute Gasteiger partial charge is 0.132 e. The van der Waals surface area contributed by atoms with Gasteiger partial charge in [-0.2, -0.15) is 0 Å². The minimum Gasteiger partial charge on any atom is -0.469 e. The van der Waals surface area contributed by atoms with Crippen LogP contribution in [0.4, 0.5) is 0 Å². The van der Waals surface area contributed by atoms with Gasteiger partial charge in [0, 0.05) is 12.8 Å². The summed E-state index contributed by atoms with van der Waals surface area (Å²) in [6, 6.07) is 3.97. The van der Waals surface area contributed by atoms with Crippen molar-refractivity contribution < 1.29 is 13.9 Å². The number of rotatable bonds is 2. The third-order valence-corrected chi connectivity index (χ3v) is 4.06. The van der Waals surface area contributed by atoms with Gasteiger partial charge in [-0.15, -0.1) is 0 Å². The molecule has 1 aromatic heterocycles. The van der Waals surface area contributed by atoms with Gasteiger partial charge in [0.15, 0.2) is 0 Å². The highest BCUT2D eigenvalue weighted by molar-refractivity contribution is 5.79. The zero-order valence-corrected chi connectivity index (χ0v) is 9.28. The molecule has 2 fully saturated rings. The number of hydrogen-bond acceptors (Lipinski definition) is 3. The molecule has 2 heterocycles. The first-order chi connectivity index (χ1) is 7.81. The Balaban J connectivity index is 1.83. The number of ether oxygens (including phenoxy) is 1. The van der Waals surface area contributed by atoms with Gasteiger partial charge in [-0.05, 0) is 30.9 Å². The molecule has 1 saturated heterocycles. The van der Waals surface area contributed by atoms with Gasteiger partial charge >= 0.3 is 0 Å². The summed E-state index contributed by atoms with van der Waals surface area (Å²) >= 11 is 0.